The van der Waals surface area contributed by atoms with Crippen LogP contribution in [0.1, 0.15) is 31.1 Å². The van der Waals surface area contributed by atoms with E-state index in [1.165, 1.54) is 31.3 Å². The molecule has 2 N–H and O–H groups in total. The van der Waals surface area contributed by atoms with Crippen molar-refractivity contribution in [1.82, 2.24) is 25.3 Å². The maximum Gasteiger partial charge on any atom is 0.321 e. The van der Waals surface area contributed by atoms with Gasteiger partial charge in [-0.05, 0) is 42.6 Å². The largest absolute Gasteiger partial charge is 0.472 e. The first kappa shape index (κ1) is 16.3. The number of ether oxygens (including phenoxy) is 2. The molecule has 2 atom stereocenters. The molecule has 3 heterocycles. The summed E-state index contributed by atoms with van der Waals surface area (Å²) in [7, 11) is 1.51. The molecule has 2 fully saturated rings. The van der Waals surface area contributed by atoms with Gasteiger partial charge in [0.05, 0.1) is 18.8 Å². The Morgan fingerprint density at radius 2 is 2.32 bits per heavy atom. The van der Waals surface area contributed by atoms with Gasteiger partial charge in [-0.1, -0.05) is 5.10 Å². The monoisotopic (exact) mass is 364 g/mol. The second-order valence-corrected chi connectivity index (χ2v) is 7.18. The molecule has 4 rings (SSSR count). The van der Waals surface area contributed by atoms with Crippen molar-refractivity contribution in [2.24, 2.45) is 5.92 Å². The Morgan fingerprint density at radius 3 is 3.08 bits per heavy atom. The van der Waals surface area contributed by atoms with Gasteiger partial charge in [0, 0.05) is 19.3 Å². The van der Waals surface area contributed by atoms with E-state index in [2.05, 4.69) is 25.9 Å². The van der Waals surface area contributed by atoms with E-state index >= 15 is 0 Å². The van der Waals surface area contributed by atoms with Crippen LogP contribution >= 0.6 is 11.3 Å². The zero-order chi connectivity index (χ0) is 17.2. The molecular formula is C15H20N6O3S. The molecule has 25 heavy (non-hydrogen) atoms. The molecule has 9 nitrogen and oxygen atoms in total. The van der Waals surface area contributed by atoms with E-state index in [-0.39, 0.29) is 18.2 Å². The van der Waals surface area contributed by atoms with E-state index in [0.717, 1.165) is 24.6 Å². The molecule has 0 radical (unpaired) electrons. The Hall–Kier alpha value is -2.20. The van der Waals surface area contributed by atoms with Crippen molar-refractivity contribution in [3.8, 4) is 5.19 Å². The number of rotatable bonds is 6. The first-order chi connectivity index (χ1) is 12.2. The molecule has 10 heteroatoms. The van der Waals surface area contributed by atoms with Crippen LogP contribution in [0.5, 0.6) is 5.19 Å². The van der Waals surface area contributed by atoms with Gasteiger partial charge in [-0.3, -0.25) is 10.00 Å². The quantitative estimate of drug-likeness (QED) is 0.810. The zero-order valence-electron chi connectivity index (χ0n) is 13.8. The predicted octanol–water partition coefficient (Wildman–Crippen LogP) is 1.80. The summed E-state index contributed by atoms with van der Waals surface area (Å²) in [5, 5.41) is 18.5. The van der Waals surface area contributed by atoms with Crippen molar-refractivity contribution in [2.45, 2.75) is 38.0 Å². The average Bonchev–Trinajstić information content (AvgIpc) is 2.99. The fourth-order valence-electron chi connectivity index (χ4n) is 2.96. The molecule has 2 aromatic heterocycles. The highest BCUT2D eigenvalue weighted by Gasteiger charge is 2.34. The average molecular weight is 364 g/mol. The van der Waals surface area contributed by atoms with Gasteiger partial charge >= 0.3 is 6.03 Å². The number of nitrogens with zero attached hydrogens (tertiary/aromatic N) is 4. The number of methoxy groups -OCH3 is 1. The smallest absolute Gasteiger partial charge is 0.321 e. The van der Waals surface area contributed by atoms with Gasteiger partial charge in [-0.2, -0.15) is 5.10 Å². The molecular weight excluding hydrogens is 344 g/mol. The van der Waals surface area contributed by atoms with Crippen molar-refractivity contribution < 1.29 is 14.3 Å². The number of carbonyl (C=O) groups excluding carboxylic acids is 1. The lowest BCUT2D eigenvalue weighted by Gasteiger charge is -2.21. The fourth-order valence-corrected chi connectivity index (χ4v) is 3.51. The molecule has 0 spiro atoms. The number of anilines is 1. The van der Waals surface area contributed by atoms with Crippen LogP contribution in [0.25, 0.3) is 0 Å². The summed E-state index contributed by atoms with van der Waals surface area (Å²) in [5.74, 6) is 0.724. The Kier molecular flexibility index (Phi) is 4.53. The maximum atomic E-state index is 12.3. The highest BCUT2D eigenvalue weighted by atomic mass is 32.1. The Balaban J connectivity index is 1.39. The molecule has 0 unspecified atom stereocenters. The number of hydrogen-bond donors (Lipinski definition) is 2. The summed E-state index contributed by atoms with van der Waals surface area (Å²) in [6, 6.07) is 1.54. The van der Waals surface area contributed by atoms with Crippen molar-refractivity contribution >= 4 is 22.5 Å². The molecule has 2 amide bonds. The Bertz CT molecular complexity index is 743. The first-order valence-corrected chi connectivity index (χ1v) is 9.13. The van der Waals surface area contributed by atoms with Gasteiger partial charge in [-0.25, -0.2) is 4.79 Å². The van der Waals surface area contributed by atoms with Crippen LogP contribution in [0.2, 0.25) is 0 Å². The molecule has 0 bridgehead atoms. The van der Waals surface area contributed by atoms with Crippen LogP contribution in [0, 0.1) is 5.92 Å². The van der Waals surface area contributed by atoms with Crippen LogP contribution in [0.4, 0.5) is 9.93 Å². The van der Waals surface area contributed by atoms with Crippen LogP contribution in [-0.2, 0) is 11.3 Å². The van der Waals surface area contributed by atoms with Gasteiger partial charge in [0.25, 0.3) is 5.19 Å². The molecule has 2 aromatic rings. The summed E-state index contributed by atoms with van der Waals surface area (Å²) in [5.41, 5.74) is 1.02. The van der Waals surface area contributed by atoms with Crippen LogP contribution < -0.4 is 15.4 Å². The third-order valence-corrected chi connectivity index (χ3v) is 5.18. The summed E-state index contributed by atoms with van der Waals surface area (Å²) in [4.78, 5) is 12.3. The third-order valence-electron chi connectivity index (χ3n) is 4.38. The molecule has 134 valence electrons. The van der Waals surface area contributed by atoms with Gasteiger partial charge in [0.15, 0.2) is 0 Å². The lowest BCUT2D eigenvalue weighted by atomic mass is 10.1. The molecule has 1 saturated carbocycles. The minimum absolute atomic E-state index is 0.107. The highest BCUT2D eigenvalue weighted by Crippen LogP contribution is 2.34. The third kappa shape index (κ3) is 3.74. The summed E-state index contributed by atoms with van der Waals surface area (Å²) < 4.78 is 12.9. The van der Waals surface area contributed by atoms with Crippen molar-refractivity contribution in [3.63, 3.8) is 0 Å². The van der Waals surface area contributed by atoms with E-state index in [0.29, 0.717) is 16.9 Å². The fraction of sp³-hybridized carbons (Fsp3) is 0.600. The van der Waals surface area contributed by atoms with Crippen molar-refractivity contribution in [1.29, 1.82) is 0 Å². The van der Waals surface area contributed by atoms with Gasteiger partial charge in [-0.15, -0.1) is 5.10 Å². The Morgan fingerprint density at radius 1 is 1.44 bits per heavy atom. The lowest BCUT2D eigenvalue weighted by molar-refractivity contribution is 0.0926. The van der Waals surface area contributed by atoms with Crippen LogP contribution in [0.15, 0.2) is 12.3 Å². The number of aromatic nitrogens is 4. The van der Waals surface area contributed by atoms with Gasteiger partial charge in [0.2, 0.25) is 5.13 Å². The van der Waals surface area contributed by atoms with Gasteiger partial charge < -0.3 is 14.8 Å². The molecule has 0 aromatic carbocycles. The molecule has 2 aliphatic rings. The van der Waals surface area contributed by atoms with Crippen LogP contribution in [0.3, 0.4) is 0 Å². The lowest BCUT2D eigenvalue weighted by Crippen LogP contribution is -2.40. The van der Waals surface area contributed by atoms with E-state index in [1.807, 2.05) is 10.7 Å². The standard InChI is InChI=1S/C15H20N6O3S/c1-23-15-20-19-14(25-15)18-13(22)17-10-5-7-24-12(10)11-4-6-16-21(11)8-9-2-3-9/h4,6,9-10,12H,2-3,5,7-8H2,1H3,(H2,17,18,19,22)/t10-,12-/m1/s1. The molecule has 1 aliphatic carbocycles. The molecule has 1 aliphatic heterocycles. The van der Waals surface area contributed by atoms with Crippen LogP contribution in [-0.4, -0.2) is 45.8 Å². The van der Waals surface area contributed by atoms with Gasteiger partial charge in [0.1, 0.15) is 6.10 Å². The van der Waals surface area contributed by atoms with E-state index in [4.69, 9.17) is 9.47 Å². The minimum atomic E-state index is -0.326. The summed E-state index contributed by atoms with van der Waals surface area (Å²) in [6.07, 6.45) is 4.90. The Labute approximate surface area is 148 Å². The number of urea groups is 1. The van der Waals surface area contributed by atoms with Crippen molar-refractivity contribution in [2.75, 3.05) is 19.0 Å². The summed E-state index contributed by atoms with van der Waals surface area (Å²) >= 11 is 1.17. The summed E-state index contributed by atoms with van der Waals surface area (Å²) in [6.45, 7) is 1.53. The van der Waals surface area contributed by atoms with E-state index in [1.54, 1.807) is 6.20 Å². The number of hydrogen-bond acceptors (Lipinski definition) is 7. The topological polar surface area (TPSA) is 103 Å². The number of amides is 2. The van der Waals surface area contributed by atoms with E-state index < -0.39 is 0 Å². The van der Waals surface area contributed by atoms with E-state index in [9.17, 15) is 4.79 Å². The minimum Gasteiger partial charge on any atom is -0.472 e. The normalized spacial score (nSPS) is 22.8. The highest BCUT2D eigenvalue weighted by molar-refractivity contribution is 7.17. The predicted molar refractivity (Wildman–Crippen MR) is 90.7 cm³/mol. The SMILES string of the molecule is COc1nnc(NC(=O)N[C@@H]2CCO[C@H]2c2ccnn2CC2CC2)s1. The zero-order valence-corrected chi connectivity index (χ0v) is 14.7. The second-order valence-electron chi connectivity index (χ2n) is 6.24. The van der Waals surface area contributed by atoms with Crippen molar-refractivity contribution in [3.05, 3.63) is 18.0 Å². The second kappa shape index (κ2) is 6.96. The molecule has 1 saturated heterocycles. The number of nitrogens with one attached hydrogen (secondary N) is 2. The number of carbonyl (C=O) groups is 1. The first-order valence-electron chi connectivity index (χ1n) is 8.31. The maximum absolute atomic E-state index is 12.3.